The van der Waals surface area contributed by atoms with Crippen molar-refractivity contribution in [3.8, 4) is 0 Å². The summed E-state index contributed by atoms with van der Waals surface area (Å²) in [5.74, 6) is 0.302. The van der Waals surface area contributed by atoms with Gasteiger partial charge in [-0.25, -0.2) is 9.37 Å². The molecule has 90 valence electrons. The first-order chi connectivity index (χ1) is 8.11. The molecule has 4 heteroatoms. The van der Waals surface area contributed by atoms with Gasteiger partial charge in [0.25, 0.3) is 0 Å². The number of imidazole rings is 1. The van der Waals surface area contributed by atoms with E-state index in [1.807, 2.05) is 16.7 Å². The van der Waals surface area contributed by atoms with Gasteiger partial charge in [0.05, 0.1) is 17.9 Å². The zero-order valence-corrected chi connectivity index (χ0v) is 10.6. The predicted molar refractivity (Wildman–Crippen MR) is 66.8 cm³/mol. The van der Waals surface area contributed by atoms with E-state index in [2.05, 4.69) is 4.98 Å². The number of hydrogen-bond acceptors (Lipinski definition) is 1. The van der Waals surface area contributed by atoms with E-state index in [1.165, 1.54) is 0 Å². The summed E-state index contributed by atoms with van der Waals surface area (Å²) in [5.41, 5.74) is 3.37. The molecule has 0 fully saturated rings. The highest BCUT2D eigenvalue weighted by atomic mass is 35.5. The Morgan fingerprint density at radius 1 is 1.29 bits per heavy atom. The molecule has 0 amide bonds. The zero-order valence-electron chi connectivity index (χ0n) is 9.87. The van der Waals surface area contributed by atoms with Crippen LogP contribution in [-0.4, -0.2) is 9.55 Å². The van der Waals surface area contributed by atoms with Crippen molar-refractivity contribution in [1.82, 2.24) is 9.55 Å². The van der Waals surface area contributed by atoms with E-state index in [9.17, 15) is 4.39 Å². The Bertz CT molecular complexity index is 511. The summed E-state index contributed by atoms with van der Waals surface area (Å²) >= 11 is 5.81. The van der Waals surface area contributed by atoms with Crippen LogP contribution in [0.2, 0.25) is 0 Å². The maximum Gasteiger partial charge on any atom is 0.129 e. The van der Waals surface area contributed by atoms with E-state index in [0.717, 1.165) is 11.3 Å². The van der Waals surface area contributed by atoms with Crippen molar-refractivity contribution >= 4 is 11.6 Å². The van der Waals surface area contributed by atoms with E-state index in [4.69, 9.17) is 11.6 Å². The molecule has 0 bridgehead atoms. The van der Waals surface area contributed by atoms with Crippen LogP contribution in [0.1, 0.15) is 22.4 Å². The number of hydrogen-bond donors (Lipinski definition) is 0. The quantitative estimate of drug-likeness (QED) is 0.766. The standard InChI is InChI=1S/C13H14ClFN2/c1-9-3-11(4-10(2)13(9)15)7-17-8-16-6-12(17)5-14/h3-4,6,8H,5,7H2,1-2H3. The minimum Gasteiger partial charge on any atom is -0.329 e. The van der Waals surface area contributed by atoms with E-state index in [-0.39, 0.29) is 5.82 Å². The Balaban J connectivity index is 2.31. The smallest absolute Gasteiger partial charge is 0.129 e. The first-order valence-electron chi connectivity index (χ1n) is 5.42. The fraction of sp³-hybridized carbons (Fsp3) is 0.308. The lowest BCUT2D eigenvalue weighted by Crippen LogP contribution is -2.03. The number of aryl methyl sites for hydroxylation is 2. The van der Waals surface area contributed by atoms with Crippen molar-refractivity contribution in [2.24, 2.45) is 0 Å². The van der Waals surface area contributed by atoms with Crippen LogP contribution >= 0.6 is 11.6 Å². The van der Waals surface area contributed by atoms with Gasteiger partial charge in [0.1, 0.15) is 5.82 Å². The number of benzene rings is 1. The van der Waals surface area contributed by atoms with Gasteiger partial charge >= 0.3 is 0 Å². The van der Waals surface area contributed by atoms with Gasteiger partial charge in [-0.05, 0) is 30.5 Å². The van der Waals surface area contributed by atoms with Crippen LogP contribution in [0.5, 0.6) is 0 Å². The van der Waals surface area contributed by atoms with Crippen LogP contribution in [0, 0.1) is 19.7 Å². The van der Waals surface area contributed by atoms with Crippen LogP contribution in [0.15, 0.2) is 24.7 Å². The molecule has 2 aromatic rings. The Hall–Kier alpha value is -1.35. The molecule has 0 aliphatic rings. The van der Waals surface area contributed by atoms with Gasteiger partial charge in [0.2, 0.25) is 0 Å². The van der Waals surface area contributed by atoms with Crippen molar-refractivity contribution in [3.05, 3.63) is 52.9 Å². The Labute approximate surface area is 105 Å². The third-order valence-electron chi connectivity index (χ3n) is 2.78. The Kier molecular flexibility index (Phi) is 3.48. The summed E-state index contributed by atoms with van der Waals surface area (Å²) in [6.07, 6.45) is 3.49. The molecule has 0 unspecified atom stereocenters. The average molecular weight is 253 g/mol. The minimum absolute atomic E-state index is 0.128. The first kappa shape index (κ1) is 12.1. The lowest BCUT2D eigenvalue weighted by atomic mass is 10.1. The molecule has 0 saturated heterocycles. The third kappa shape index (κ3) is 2.50. The fourth-order valence-corrected chi connectivity index (χ4v) is 2.15. The molecule has 1 aromatic carbocycles. The van der Waals surface area contributed by atoms with Gasteiger partial charge in [-0.3, -0.25) is 0 Å². The molecule has 0 atom stereocenters. The largest absolute Gasteiger partial charge is 0.329 e. The van der Waals surface area contributed by atoms with Gasteiger partial charge in [-0.2, -0.15) is 0 Å². The summed E-state index contributed by atoms with van der Waals surface area (Å²) in [6.45, 7) is 4.23. The van der Waals surface area contributed by atoms with Gasteiger partial charge in [0.15, 0.2) is 0 Å². The average Bonchev–Trinajstić information content (AvgIpc) is 2.73. The summed E-state index contributed by atoms with van der Waals surface area (Å²) in [6, 6.07) is 3.72. The van der Waals surface area contributed by atoms with Crippen molar-refractivity contribution in [1.29, 1.82) is 0 Å². The number of halogens is 2. The first-order valence-corrected chi connectivity index (χ1v) is 5.96. The molecular weight excluding hydrogens is 239 g/mol. The van der Waals surface area contributed by atoms with E-state index in [1.54, 1.807) is 26.4 Å². The number of rotatable bonds is 3. The summed E-state index contributed by atoms with van der Waals surface area (Å²) in [7, 11) is 0. The second-order valence-corrected chi connectivity index (χ2v) is 4.46. The molecule has 0 spiro atoms. The van der Waals surface area contributed by atoms with Crippen LogP contribution in [0.4, 0.5) is 4.39 Å². The molecule has 0 radical (unpaired) electrons. The second-order valence-electron chi connectivity index (χ2n) is 4.19. The Morgan fingerprint density at radius 3 is 2.53 bits per heavy atom. The number of aromatic nitrogens is 2. The topological polar surface area (TPSA) is 17.8 Å². The lowest BCUT2D eigenvalue weighted by Gasteiger charge is -2.09. The van der Waals surface area contributed by atoms with E-state index >= 15 is 0 Å². The number of nitrogens with zero attached hydrogens (tertiary/aromatic N) is 2. The highest BCUT2D eigenvalue weighted by Crippen LogP contribution is 2.16. The van der Waals surface area contributed by atoms with Gasteiger partial charge in [-0.1, -0.05) is 12.1 Å². The van der Waals surface area contributed by atoms with Crippen molar-refractivity contribution < 1.29 is 4.39 Å². The van der Waals surface area contributed by atoms with Crippen LogP contribution < -0.4 is 0 Å². The van der Waals surface area contributed by atoms with Gasteiger partial charge in [0, 0.05) is 12.7 Å². The SMILES string of the molecule is Cc1cc(Cn2cncc2CCl)cc(C)c1F. The minimum atomic E-state index is -0.128. The molecule has 1 heterocycles. The van der Waals surface area contributed by atoms with E-state index in [0.29, 0.717) is 23.6 Å². The van der Waals surface area contributed by atoms with Gasteiger partial charge in [-0.15, -0.1) is 11.6 Å². The molecule has 1 aromatic heterocycles. The molecule has 0 saturated carbocycles. The predicted octanol–water partition coefficient (Wildman–Crippen LogP) is 3.43. The van der Waals surface area contributed by atoms with Crippen molar-refractivity contribution in [2.45, 2.75) is 26.3 Å². The monoisotopic (exact) mass is 252 g/mol. The summed E-state index contributed by atoms with van der Waals surface area (Å²) in [4.78, 5) is 4.06. The van der Waals surface area contributed by atoms with Crippen molar-refractivity contribution in [3.63, 3.8) is 0 Å². The molecule has 0 N–H and O–H groups in total. The molecular formula is C13H14ClFN2. The maximum atomic E-state index is 13.5. The highest BCUT2D eigenvalue weighted by molar-refractivity contribution is 6.16. The second kappa shape index (κ2) is 4.88. The molecule has 2 nitrogen and oxygen atoms in total. The molecule has 0 aliphatic carbocycles. The normalized spacial score (nSPS) is 10.8. The lowest BCUT2D eigenvalue weighted by molar-refractivity contribution is 0.607. The van der Waals surface area contributed by atoms with Crippen LogP contribution in [0.3, 0.4) is 0 Å². The maximum absolute atomic E-state index is 13.5. The van der Waals surface area contributed by atoms with Crippen LogP contribution in [-0.2, 0) is 12.4 Å². The highest BCUT2D eigenvalue weighted by Gasteiger charge is 2.06. The summed E-state index contributed by atoms with van der Waals surface area (Å²) in [5, 5.41) is 0. The summed E-state index contributed by atoms with van der Waals surface area (Å²) < 4.78 is 15.5. The van der Waals surface area contributed by atoms with Crippen molar-refractivity contribution in [2.75, 3.05) is 0 Å². The van der Waals surface area contributed by atoms with Crippen LogP contribution in [0.25, 0.3) is 0 Å². The third-order valence-corrected chi connectivity index (χ3v) is 3.06. The molecule has 17 heavy (non-hydrogen) atoms. The van der Waals surface area contributed by atoms with E-state index < -0.39 is 0 Å². The molecule has 0 aliphatic heterocycles. The van der Waals surface area contributed by atoms with Gasteiger partial charge < -0.3 is 4.57 Å². The fourth-order valence-electron chi connectivity index (χ4n) is 1.93. The zero-order chi connectivity index (χ0) is 12.4. The Morgan fingerprint density at radius 2 is 1.94 bits per heavy atom. The number of alkyl halides is 1. The molecule has 2 rings (SSSR count).